The van der Waals surface area contributed by atoms with E-state index in [1.54, 1.807) is 0 Å². The maximum atomic E-state index is 14.6. The Morgan fingerprint density at radius 2 is 2.05 bits per heavy atom. The summed E-state index contributed by atoms with van der Waals surface area (Å²) in [7, 11) is 0. The van der Waals surface area contributed by atoms with Gasteiger partial charge >= 0.3 is 5.97 Å². The van der Waals surface area contributed by atoms with Crippen LogP contribution in [-0.4, -0.2) is 11.1 Å². The highest BCUT2D eigenvalue weighted by molar-refractivity contribution is 5.68. The van der Waals surface area contributed by atoms with E-state index in [9.17, 15) is 9.18 Å². The molecular weight excluding hydrogens is 243 g/mol. The van der Waals surface area contributed by atoms with Crippen LogP contribution in [0.2, 0.25) is 0 Å². The minimum atomic E-state index is -0.825. The summed E-state index contributed by atoms with van der Waals surface area (Å²) < 4.78 is 14.6. The van der Waals surface area contributed by atoms with Crippen LogP contribution < -0.4 is 0 Å². The molecule has 0 amide bonds. The second-order valence-corrected chi connectivity index (χ2v) is 5.86. The van der Waals surface area contributed by atoms with Gasteiger partial charge in [-0.05, 0) is 61.1 Å². The van der Waals surface area contributed by atoms with Crippen molar-refractivity contribution >= 4 is 5.97 Å². The molecule has 3 rings (SSSR count). The number of carbonyl (C=O) groups is 1. The zero-order chi connectivity index (χ0) is 13.4. The molecule has 1 fully saturated rings. The number of aryl methyl sites for hydroxylation is 1. The number of fused-ring (bicyclic) bond motifs is 1. The molecule has 0 heterocycles. The molecule has 2 aliphatic carbocycles. The van der Waals surface area contributed by atoms with E-state index in [1.165, 1.54) is 0 Å². The molecule has 3 heteroatoms. The Kier molecular flexibility index (Phi) is 3.29. The van der Waals surface area contributed by atoms with Crippen LogP contribution in [0, 0.1) is 11.7 Å². The average Bonchev–Trinajstić information content (AvgIpc) is 3.21. The highest BCUT2D eigenvalue weighted by atomic mass is 19.1. The third-order valence-electron chi connectivity index (χ3n) is 4.48. The minimum Gasteiger partial charge on any atom is -0.481 e. The van der Waals surface area contributed by atoms with Crippen molar-refractivity contribution in [1.29, 1.82) is 0 Å². The van der Waals surface area contributed by atoms with Gasteiger partial charge in [-0.2, -0.15) is 0 Å². The first-order valence-electron chi connectivity index (χ1n) is 7.18. The molecule has 1 unspecified atom stereocenters. The smallest absolute Gasteiger partial charge is 0.303 e. The Bertz CT molecular complexity index is 506. The van der Waals surface area contributed by atoms with Crippen LogP contribution >= 0.6 is 0 Å². The topological polar surface area (TPSA) is 37.3 Å². The Hall–Kier alpha value is -1.38. The molecular formula is C16H19FO2. The quantitative estimate of drug-likeness (QED) is 0.898. The first kappa shape index (κ1) is 12.6. The van der Waals surface area contributed by atoms with E-state index in [1.807, 2.05) is 12.1 Å². The van der Waals surface area contributed by atoms with Crippen molar-refractivity contribution in [2.75, 3.05) is 0 Å². The van der Waals surface area contributed by atoms with E-state index >= 15 is 0 Å². The molecule has 0 radical (unpaired) electrons. The molecule has 0 saturated heterocycles. The summed E-state index contributed by atoms with van der Waals surface area (Å²) in [5.74, 6) is -0.707. The number of carboxylic acid groups (broad SMARTS) is 1. The molecule has 0 bridgehead atoms. The number of hydrogen-bond donors (Lipinski definition) is 1. The second-order valence-electron chi connectivity index (χ2n) is 5.86. The maximum Gasteiger partial charge on any atom is 0.303 e. The number of halogens is 1. The molecule has 102 valence electrons. The summed E-state index contributed by atoms with van der Waals surface area (Å²) in [5.41, 5.74) is 2.61. The summed E-state index contributed by atoms with van der Waals surface area (Å²) >= 11 is 0. The number of hydrogen-bond acceptors (Lipinski definition) is 1. The van der Waals surface area contributed by atoms with Crippen LogP contribution in [0.1, 0.15) is 54.7 Å². The lowest BCUT2D eigenvalue weighted by Gasteiger charge is -2.22. The average molecular weight is 262 g/mol. The Morgan fingerprint density at radius 3 is 2.74 bits per heavy atom. The van der Waals surface area contributed by atoms with Gasteiger partial charge in [0.25, 0.3) is 0 Å². The fraction of sp³-hybridized carbons (Fsp3) is 0.562. The fourth-order valence-corrected chi connectivity index (χ4v) is 3.30. The summed E-state index contributed by atoms with van der Waals surface area (Å²) in [4.78, 5) is 11.0. The van der Waals surface area contributed by atoms with Crippen molar-refractivity contribution in [1.82, 2.24) is 0 Å². The summed E-state index contributed by atoms with van der Waals surface area (Å²) in [6.45, 7) is 0. The molecule has 1 atom stereocenters. The molecule has 1 aromatic carbocycles. The van der Waals surface area contributed by atoms with Crippen molar-refractivity contribution < 1.29 is 14.3 Å². The standard InChI is InChI=1S/C16H19FO2/c17-16-12-4-2-1-3-10(12)7-8-13(16)14(9-15(18)19)11-5-6-11/h7-8,11,14H,1-6,9H2,(H,18,19). The lowest BCUT2D eigenvalue weighted by atomic mass is 9.84. The molecule has 19 heavy (non-hydrogen) atoms. The van der Waals surface area contributed by atoms with Crippen LogP contribution in [-0.2, 0) is 17.6 Å². The van der Waals surface area contributed by atoms with E-state index < -0.39 is 5.97 Å². The molecule has 1 aromatic rings. The van der Waals surface area contributed by atoms with Crippen molar-refractivity contribution in [3.63, 3.8) is 0 Å². The van der Waals surface area contributed by atoms with Gasteiger partial charge in [0.15, 0.2) is 0 Å². The lowest BCUT2D eigenvalue weighted by molar-refractivity contribution is -0.137. The van der Waals surface area contributed by atoms with Gasteiger partial charge in [-0.1, -0.05) is 12.1 Å². The molecule has 2 aliphatic rings. The van der Waals surface area contributed by atoms with Gasteiger partial charge in [-0.3, -0.25) is 4.79 Å². The summed E-state index contributed by atoms with van der Waals surface area (Å²) in [6, 6.07) is 3.86. The minimum absolute atomic E-state index is 0.0559. The largest absolute Gasteiger partial charge is 0.481 e. The van der Waals surface area contributed by atoms with E-state index in [4.69, 9.17) is 5.11 Å². The van der Waals surface area contributed by atoms with Crippen molar-refractivity contribution in [3.8, 4) is 0 Å². The number of carboxylic acids is 1. The van der Waals surface area contributed by atoms with Gasteiger partial charge in [0.05, 0.1) is 6.42 Å². The Labute approximate surface area is 112 Å². The van der Waals surface area contributed by atoms with Gasteiger partial charge < -0.3 is 5.11 Å². The third-order valence-corrected chi connectivity index (χ3v) is 4.48. The van der Waals surface area contributed by atoms with Gasteiger partial charge in [0, 0.05) is 5.92 Å². The van der Waals surface area contributed by atoms with Gasteiger partial charge in [0.1, 0.15) is 5.82 Å². The predicted molar refractivity (Wildman–Crippen MR) is 70.8 cm³/mol. The highest BCUT2D eigenvalue weighted by Crippen LogP contribution is 2.46. The molecule has 1 saturated carbocycles. The van der Waals surface area contributed by atoms with E-state index in [-0.39, 0.29) is 18.2 Å². The Morgan fingerprint density at radius 1 is 1.32 bits per heavy atom. The van der Waals surface area contributed by atoms with Crippen LogP contribution in [0.3, 0.4) is 0 Å². The number of benzene rings is 1. The van der Waals surface area contributed by atoms with Crippen LogP contribution in [0.15, 0.2) is 12.1 Å². The van der Waals surface area contributed by atoms with E-state index in [0.29, 0.717) is 11.5 Å². The first-order valence-corrected chi connectivity index (χ1v) is 7.18. The SMILES string of the molecule is O=C(O)CC(c1ccc2c(c1F)CCCC2)C1CC1. The zero-order valence-electron chi connectivity index (χ0n) is 11.0. The van der Waals surface area contributed by atoms with Crippen LogP contribution in [0.4, 0.5) is 4.39 Å². The van der Waals surface area contributed by atoms with Crippen LogP contribution in [0.5, 0.6) is 0 Å². The second kappa shape index (κ2) is 4.95. The predicted octanol–water partition coefficient (Wildman–Crippen LogP) is 3.67. The summed E-state index contributed by atoms with van der Waals surface area (Å²) in [5, 5.41) is 9.03. The molecule has 0 spiro atoms. The van der Waals surface area contributed by atoms with Gasteiger partial charge in [0.2, 0.25) is 0 Å². The zero-order valence-corrected chi connectivity index (χ0v) is 11.0. The number of rotatable bonds is 4. The number of aliphatic carboxylic acids is 1. The van der Waals surface area contributed by atoms with Gasteiger partial charge in [-0.15, -0.1) is 0 Å². The van der Waals surface area contributed by atoms with Crippen LogP contribution in [0.25, 0.3) is 0 Å². The maximum absolute atomic E-state index is 14.6. The van der Waals surface area contributed by atoms with Crippen molar-refractivity contribution in [3.05, 3.63) is 34.6 Å². The molecule has 0 aromatic heterocycles. The summed E-state index contributed by atoms with van der Waals surface area (Å²) in [6.07, 6.45) is 6.07. The van der Waals surface area contributed by atoms with Gasteiger partial charge in [-0.25, -0.2) is 4.39 Å². The van der Waals surface area contributed by atoms with E-state index in [0.717, 1.165) is 49.7 Å². The fourth-order valence-electron chi connectivity index (χ4n) is 3.30. The Balaban J connectivity index is 1.96. The molecule has 2 nitrogen and oxygen atoms in total. The first-order chi connectivity index (χ1) is 9.16. The van der Waals surface area contributed by atoms with E-state index in [2.05, 4.69) is 0 Å². The van der Waals surface area contributed by atoms with Crippen molar-refractivity contribution in [2.24, 2.45) is 5.92 Å². The highest BCUT2D eigenvalue weighted by Gasteiger charge is 2.36. The third kappa shape index (κ3) is 2.51. The lowest BCUT2D eigenvalue weighted by Crippen LogP contribution is -2.14. The monoisotopic (exact) mass is 262 g/mol. The van der Waals surface area contributed by atoms with Crippen molar-refractivity contribution in [2.45, 2.75) is 50.9 Å². The molecule has 1 N–H and O–H groups in total. The normalized spacial score (nSPS) is 19.8. The molecule has 0 aliphatic heterocycles.